The highest BCUT2D eigenvalue weighted by atomic mass is 35.5. The van der Waals surface area contributed by atoms with Crippen LogP contribution in [0.2, 0.25) is 10.0 Å². The number of hydrogen-bond acceptors (Lipinski definition) is 6. The summed E-state index contributed by atoms with van der Waals surface area (Å²) >= 11 is 11.7. The Bertz CT molecular complexity index is 1320. The fraction of sp³-hybridized carbons (Fsp3) is 0.167. The van der Waals surface area contributed by atoms with Crippen molar-refractivity contribution in [1.82, 2.24) is 4.98 Å². The molecule has 0 aliphatic rings. The van der Waals surface area contributed by atoms with Crippen LogP contribution < -0.4 is 15.4 Å². The van der Waals surface area contributed by atoms with E-state index in [1.807, 2.05) is 0 Å². The molecule has 3 aromatic rings. The predicted molar refractivity (Wildman–Crippen MR) is 130 cm³/mol. The number of carbonyl (C=O) groups is 3. The Kier molecular flexibility index (Phi) is 8.95. The number of nitrogens with zero attached hydrogens (tertiary/aromatic N) is 1. The van der Waals surface area contributed by atoms with Crippen LogP contribution in [-0.4, -0.2) is 35.5 Å². The molecule has 2 aromatic carbocycles. The van der Waals surface area contributed by atoms with Crippen LogP contribution in [0.1, 0.15) is 22.8 Å². The van der Waals surface area contributed by atoms with Crippen LogP contribution in [0.25, 0.3) is 0 Å². The summed E-state index contributed by atoms with van der Waals surface area (Å²) in [6, 6.07) is 11.2. The largest absolute Gasteiger partial charge is 0.483 e. The van der Waals surface area contributed by atoms with E-state index >= 15 is 0 Å². The van der Waals surface area contributed by atoms with Gasteiger partial charge in [-0.25, -0.2) is 9.78 Å². The van der Waals surface area contributed by atoms with Gasteiger partial charge >= 0.3 is 12.1 Å². The summed E-state index contributed by atoms with van der Waals surface area (Å²) < 4.78 is 49.1. The van der Waals surface area contributed by atoms with Gasteiger partial charge in [0, 0.05) is 11.9 Å². The highest BCUT2D eigenvalue weighted by Gasteiger charge is 2.30. The lowest BCUT2D eigenvalue weighted by Crippen LogP contribution is -2.30. The molecule has 1 atom stereocenters. The molecule has 0 spiro atoms. The van der Waals surface area contributed by atoms with Crippen LogP contribution in [0, 0.1) is 0 Å². The predicted octanol–water partition coefficient (Wildman–Crippen LogP) is 5.61. The van der Waals surface area contributed by atoms with E-state index in [9.17, 15) is 27.6 Å². The molecule has 3 rings (SSSR count). The second-order valence-corrected chi connectivity index (χ2v) is 8.28. The molecule has 2 amide bonds. The lowest BCUT2D eigenvalue weighted by Gasteiger charge is -2.15. The summed E-state index contributed by atoms with van der Waals surface area (Å²) in [6.45, 7) is 0.709. The van der Waals surface area contributed by atoms with E-state index in [0.29, 0.717) is 0 Å². The first kappa shape index (κ1) is 27.8. The fourth-order valence-corrected chi connectivity index (χ4v) is 3.30. The summed E-state index contributed by atoms with van der Waals surface area (Å²) in [7, 11) is 0. The zero-order valence-corrected chi connectivity index (χ0v) is 20.4. The van der Waals surface area contributed by atoms with Crippen molar-refractivity contribution in [2.24, 2.45) is 0 Å². The smallest absolute Gasteiger partial charge is 0.416 e. The fourth-order valence-electron chi connectivity index (χ4n) is 2.88. The Morgan fingerprint density at radius 2 is 1.76 bits per heavy atom. The molecule has 0 aliphatic heterocycles. The van der Waals surface area contributed by atoms with Crippen LogP contribution in [0.15, 0.2) is 60.8 Å². The molecule has 0 saturated heterocycles. The van der Waals surface area contributed by atoms with Gasteiger partial charge in [0.05, 0.1) is 15.6 Å². The van der Waals surface area contributed by atoms with E-state index < -0.39 is 42.2 Å². The molecular weight excluding hydrogens is 538 g/mol. The number of benzene rings is 2. The number of hydrogen-bond donors (Lipinski definition) is 2. The Hall–Kier alpha value is -3.83. The van der Waals surface area contributed by atoms with E-state index in [2.05, 4.69) is 15.6 Å². The number of carbonyl (C=O) groups excluding carboxylic acids is 3. The Balaban J connectivity index is 1.60. The molecule has 1 aromatic heterocycles. The third-order valence-corrected chi connectivity index (χ3v) is 5.14. The summed E-state index contributed by atoms with van der Waals surface area (Å²) in [5, 5.41) is 5.06. The van der Waals surface area contributed by atoms with Gasteiger partial charge in [-0.1, -0.05) is 41.4 Å². The number of amides is 2. The van der Waals surface area contributed by atoms with Crippen molar-refractivity contribution >= 4 is 52.5 Å². The van der Waals surface area contributed by atoms with Crippen molar-refractivity contribution < 1.29 is 37.0 Å². The second kappa shape index (κ2) is 11.9. The van der Waals surface area contributed by atoms with Crippen LogP contribution in [0.5, 0.6) is 5.75 Å². The van der Waals surface area contributed by atoms with Gasteiger partial charge in [0.2, 0.25) is 0 Å². The van der Waals surface area contributed by atoms with Gasteiger partial charge in [0.15, 0.2) is 18.5 Å². The second-order valence-electron chi connectivity index (χ2n) is 7.43. The highest BCUT2D eigenvalue weighted by Crippen LogP contribution is 2.30. The third kappa shape index (κ3) is 7.83. The van der Waals surface area contributed by atoms with Gasteiger partial charge < -0.3 is 20.1 Å². The molecule has 8 nitrogen and oxygen atoms in total. The van der Waals surface area contributed by atoms with E-state index in [4.69, 9.17) is 32.7 Å². The Morgan fingerprint density at radius 1 is 1.03 bits per heavy atom. The van der Waals surface area contributed by atoms with Crippen LogP contribution in [-0.2, 0) is 20.5 Å². The van der Waals surface area contributed by atoms with Crippen molar-refractivity contribution in [2.45, 2.75) is 19.2 Å². The number of aromatic nitrogens is 1. The molecular formula is C24H18Cl2F3N3O5. The molecule has 2 N–H and O–H groups in total. The number of nitrogens with one attached hydrogen (secondary N) is 2. The Morgan fingerprint density at radius 3 is 2.46 bits per heavy atom. The van der Waals surface area contributed by atoms with E-state index in [1.54, 1.807) is 0 Å². The lowest BCUT2D eigenvalue weighted by molar-refractivity contribution is -0.137. The highest BCUT2D eigenvalue weighted by molar-refractivity contribution is 6.36. The minimum absolute atomic E-state index is 0.0227. The van der Waals surface area contributed by atoms with Crippen molar-refractivity contribution in [1.29, 1.82) is 0 Å². The first-order valence-corrected chi connectivity index (χ1v) is 11.2. The molecule has 0 saturated carbocycles. The number of alkyl halides is 3. The molecule has 0 unspecified atom stereocenters. The summed E-state index contributed by atoms with van der Waals surface area (Å²) in [6.07, 6.45) is -4.56. The van der Waals surface area contributed by atoms with E-state index in [-0.39, 0.29) is 32.9 Å². The molecule has 13 heteroatoms. The number of anilines is 2. The number of halogens is 5. The van der Waals surface area contributed by atoms with E-state index in [0.717, 1.165) is 18.2 Å². The SMILES string of the molecule is C[C@@H](OC(=O)c1ccccc1OCC(=O)Nc1cccc(C(F)(F)F)c1)C(=O)Nc1ncc(Cl)cc1Cl. The number of para-hydroxylation sites is 1. The van der Waals surface area contributed by atoms with Gasteiger partial charge in [-0.3, -0.25) is 9.59 Å². The van der Waals surface area contributed by atoms with Gasteiger partial charge in [-0.05, 0) is 43.3 Å². The minimum atomic E-state index is -4.57. The topological polar surface area (TPSA) is 107 Å². The van der Waals surface area contributed by atoms with Gasteiger partial charge in [-0.2, -0.15) is 13.2 Å². The maximum atomic E-state index is 12.9. The molecule has 37 heavy (non-hydrogen) atoms. The van der Waals surface area contributed by atoms with Crippen LogP contribution in [0.4, 0.5) is 24.7 Å². The normalized spacial score (nSPS) is 11.8. The van der Waals surface area contributed by atoms with Crippen molar-refractivity contribution in [3.8, 4) is 5.75 Å². The number of ether oxygens (including phenoxy) is 2. The quantitative estimate of drug-likeness (QED) is 0.350. The third-order valence-electron chi connectivity index (χ3n) is 4.64. The van der Waals surface area contributed by atoms with Crippen molar-refractivity contribution in [3.63, 3.8) is 0 Å². The monoisotopic (exact) mass is 555 g/mol. The molecule has 0 aliphatic carbocycles. The van der Waals surface area contributed by atoms with Crippen LogP contribution >= 0.6 is 23.2 Å². The summed E-state index contributed by atoms with van der Waals surface area (Å²) in [5.41, 5.74) is -1.09. The van der Waals surface area contributed by atoms with Gasteiger partial charge in [0.25, 0.3) is 11.8 Å². The standard InChI is InChI=1S/C24H18Cl2F3N3O5/c1-13(22(34)32-21-18(26)10-15(25)11-30-21)37-23(35)17-7-2-3-8-19(17)36-12-20(33)31-16-6-4-5-14(9-16)24(27,28)29/h2-11,13H,12H2,1H3,(H,31,33)(H,30,32,34)/t13-/m1/s1. The first-order chi connectivity index (χ1) is 17.4. The van der Waals surface area contributed by atoms with Crippen molar-refractivity contribution in [2.75, 3.05) is 17.2 Å². The molecule has 194 valence electrons. The van der Waals surface area contributed by atoms with E-state index in [1.165, 1.54) is 49.5 Å². The average molecular weight is 556 g/mol. The van der Waals surface area contributed by atoms with Crippen LogP contribution in [0.3, 0.4) is 0 Å². The Labute approximate surface area is 218 Å². The van der Waals surface area contributed by atoms with Gasteiger partial charge in [-0.15, -0.1) is 0 Å². The zero-order valence-electron chi connectivity index (χ0n) is 18.9. The zero-order chi connectivity index (χ0) is 27.2. The maximum absolute atomic E-state index is 12.9. The lowest BCUT2D eigenvalue weighted by atomic mass is 10.2. The van der Waals surface area contributed by atoms with Crippen molar-refractivity contribution in [3.05, 3.63) is 82.0 Å². The minimum Gasteiger partial charge on any atom is -0.483 e. The summed E-state index contributed by atoms with van der Waals surface area (Å²) in [4.78, 5) is 41.2. The average Bonchev–Trinajstić information content (AvgIpc) is 2.84. The van der Waals surface area contributed by atoms with Gasteiger partial charge in [0.1, 0.15) is 11.3 Å². The number of rotatable bonds is 8. The first-order valence-electron chi connectivity index (χ1n) is 10.5. The molecule has 0 bridgehead atoms. The number of pyridine rings is 1. The molecule has 0 radical (unpaired) electrons. The summed E-state index contributed by atoms with van der Waals surface area (Å²) in [5.74, 6) is -2.42. The number of esters is 1. The molecule has 0 fully saturated rings. The molecule has 1 heterocycles. The maximum Gasteiger partial charge on any atom is 0.416 e.